The summed E-state index contributed by atoms with van der Waals surface area (Å²) in [4.78, 5) is 33.2. The third-order valence-corrected chi connectivity index (χ3v) is 4.83. The fourth-order valence-electron chi connectivity index (χ4n) is 3.18. The van der Waals surface area contributed by atoms with Gasteiger partial charge in [-0.2, -0.15) is 18.2 Å². The molecule has 7 nitrogen and oxygen atoms in total. The van der Waals surface area contributed by atoms with E-state index >= 15 is 0 Å². The highest BCUT2D eigenvalue weighted by Gasteiger charge is 2.30. The molecular weight excluding hydrogens is 449 g/mol. The summed E-state index contributed by atoms with van der Waals surface area (Å²) in [6.45, 7) is 0. The molecule has 0 fully saturated rings. The van der Waals surface area contributed by atoms with Crippen LogP contribution in [0, 0.1) is 0 Å². The topological polar surface area (TPSA) is 93.2 Å². The Balaban J connectivity index is 1.61. The van der Waals surface area contributed by atoms with Crippen LogP contribution in [0.3, 0.4) is 0 Å². The molecule has 10 heteroatoms. The molecule has 34 heavy (non-hydrogen) atoms. The maximum atomic E-state index is 13.0. The molecule has 0 saturated carbocycles. The average Bonchev–Trinajstić information content (AvgIpc) is 2.83. The molecule has 172 valence electrons. The number of fused-ring (bicyclic) bond motifs is 1. The Morgan fingerprint density at radius 2 is 1.68 bits per heavy atom. The number of carbonyl (C=O) groups excluding carboxylic acids is 2. The Hall–Kier alpha value is -4.47. The van der Waals surface area contributed by atoms with Gasteiger partial charge in [-0.3, -0.25) is 9.59 Å². The highest BCUT2D eigenvalue weighted by Crippen LogP contribution is 2.31. The van der Waals surface area contributed by atoms with Gasteiger partial charge in [-0.05, 0) is 41.1 Å². The number of benzene rings is 3. The number of hydrogen-bond acceptors (Lipinski definition) is 5. The van der Waals surface area contributed by atoms with E-state index in [9.17, 15) is 22.8 Å². The van der Waals surface area contributed by atoms with Gasteiger partial charge in [-0.25, -0.2) is 4.98 Å². The van der Waals surface area contributed by atoms with Crippen molar-refractivity contribution in [2.75, 3.05) is 12.4 Å². The third kappa shape index (κ3) is 4.96. The molecule has 0 atom stereocenters. The SMILES string of the molecule is CNC(=O)c1nc(Oc2ccc3ccccc3c2)ncc1C(=O)Nc1cccc(C(F)(F)F)c1. The van der Waals surface area contributed by atoms with Gasteiger partial charge < -0.3 is 15.4 Å². The number of halogens is 3. The van der Waals surface area contributed by atoms with E-state index < -0.39 is 23.6 Å². The summed E-state index contributed by atoms with van der Waals surface area (Å²) in [5, 5.41) is 6.63. The number of carbonyl (C=O) groups is 2. The molecule has 0 saturated heterocycles. The van der Waals surface area contributed by atoms with Crippen molar-refractivity contribution in [2.24, 2.45) is 0 Å². The lowest BCUT2D eigenvalue weighted by Crippen LogP contribution is -2.25. The van der Waals surface area contributed by atoms with E-state index in [1.807, 2.05) is 30.3 Å². The zero-order valence-electron chi connectivity index (χ0n) is 17.7. The Morgan fingerprint density at radius 3 is 2.41 bits per heavy atom. The summed E-state index contributed by atoms with van der Waals surface area (Å²) in [6, 6.07) is 16.9. The number of amides is 2. The highest BCUT2D eigenvalue weighted by atomic mass is 19.4. The monoisotopic (exact) mass is 466 g/mol. The number of rotatable bonds is 5. The van der Waals surface area contributed by atoms with E-state index in [0.29, 0.717) is 5.75 Å². The second-order valence-corrected chi connectivity index (χ2v) is 7.14. The van der Waals surface area contributed by atoms with Crippen LogP contribution in [0.5, 0.6) is 11.8 Å². The number of nitrogens with zero attached hydrogens (tertiary/aromatic N) is 2. The van der Waals surface area contributed by atoms with Crippen molar-refractivity contribution >= 4 is 28.3 Å². The third-order valence-electron chi connectivity index (χ3n) is 4.83. The van der Waals surface area contributed by atoms with Gasteiger partial charge in [0.25, 0.3) is 11.8 Å². The van der Waals surface area contributed by atoms with Crippen LogP contribution >= 0.6 is 0 Å². The second-order valence-electron chi connectivity index (χ2n) is 7.14. The minimum Gasteiger partial charge on any atom is -0.424 e. The Bertz CT molecular complexity index is 1390. The zero-order chi connectivity index (χ0) is 24.3. The van der Waals surface area contributed by atoms with Gasteiger partial charge in [0.15, 0.2) is 0 Å². The molecule has 0 aliphatic heterocycles. The summed E-state index contributed by atoms with van der Waals surface area (Å²) in [7, 11) is 1.35. The van der Waals surface area contributed by atoms with Gasteiger partial charge in [-0.15, -0.1) is 0 Å². The first-order valence-corrected chi connectivity index (χ1v) is 9.99. The van der Waals surface area contributed by atoms with E-state index in [0.717, 1.165) is 35.2 Å². The van der Waals surface area contributed by atoms with Gasteiger partial charge in [0.1, 0.15) is 11.4 Å². The number of nitrogens with one attached hydrogen (secondary N) is 2. The molecule has 0 unspecified atom stereocenters. The van der Waals surface area contributed by atoms with Crippen molar-refractivity contribution in [2.45, 2.75) is 6.18 Å². The smallest absolute Gasteiger partial charge is 0.416 e. The fourth-order valence-corrected chi connectivity index (χ4v) is 3.18. The average molecular weight is 466 g/mol. The predicted molar refractivity (Wildman–Crippen MR) is 119 cm³/mol. The fraction of sp³-hybridized carbons (Fsp3) is 0.0833. The summed E-state index contributed by atoms with van der Waals surface area (Å²) >= 11 is 0. The van der Waals surface area contributed by atoms with Crippen LogP contribution in [0.1, 0.15) is 26.4 Å². The molecule has 0 bridgehead atoms. The van der Waals surface area contributed by atoms with E-state index in [4.69, 9.17) is 4.74 Å². The molecule has 0 radical (unpaired) electrons. The molecule has 3 aromatic carbocycles. The maximum absolute atomic E-state index is 13.0. The lowest BCUT2D eigenvalue weighted by molar-refractivity contribution is -0.137. The van der Waals surface area contributed by atoms with Crippen LogP contribution in [0.4, 0.5) is 18.9 Å². The summed E-state index contributed by atoms with van der Waals surface area (Å²) < 4.78 is 44.5. The molecular formula is C24H17F3N4O3. The van der Waals surface area contributed by atoms with Crippen LogP contribution in [0.2, 0.25) is 0 Å². The van der Waals surface area contributed by atoms with Gasteiger partial charge in [0.05, 0.1) is 11.1 Å². The van der Waals surface area contributed by atoms with Crippen LogP contribution in [-0.4, -0.2) is 28.8 Å². The molecule has 0 aliphatic carbocycles. The summed E-state index contributed by atoms with van der Waals surface area (Å²) in [5.74, 6) is -1.13. The van der Waals surface area contributed by atoms with Gasteiger partial charge in [-0.1, -0.05) is 36.4 Å². The molecule has 2 N–H and O–H groups in total. The van der Waals surface area contributed by atoms with Crippen molar-refractivity contribution in [3.8, 4) is 11.8 Å². The summed E-state index contributed by atoms with van der Waals surface area (Å²) in [5.41, 5.74) is -1.55. The van der Waals surface area contributed by atoms with E-state index in [2.05, 4.69) is 20.6 Å². The maximum Gasteiger partial charge on any atom is 0.416 e. The first kappa shape index (κ1) is 22.7. The van der Waals surface area contributed by atoms with Crippen LogP contribution in [0.15, 0.2) is 72.9 Å². The molecule has 4 aromatic rings. The predicted octanol–water partition coefficient (Wildman–Crippen LogP) is 5.05. The molecule has 0 spiro atoms. The Kier molecular flexibility index (Phi) is 6.13. The van der Waals surface area contributed by atoms with Gasteiger partial charge in [0, 0.05) is 18.9 Å². The lowest BCUT2D eigenvalue weighted by Gasteiger charge is -2.12. The van der Waals surface area contributed by atoms with Gasteiger partial charge >= 0.3 is 12.2 Å². The van der Waals surface area contributed by atoms with Crippen molar-refractivity contribution in [1.82, 2.24) is 15.3 Å². The number of hydrogen-bond donors (Lipinski definition) is 2. The Labute approximate surface area is 191 Å². The van der Waals surface area contributed by atoms with E-state index in [1.165, 1.54) is 13.1 Å². The van der Waals surface area contributed by atoms with Crippen LogP contribution < -0.4 is 15.4 Å². The highest BCUT2D eigenvalue weighted by molar-refractivity contribution is 6.11. The molecule has 2 amide bonds. The minimum absolute atomic E-state index is 0.0980. The van der Waals surface area contributed by atoms with E-state index in [1.54, 1.807) is 12.1 Å². The van der Waals surface area contributed by atoms with Gasteiger partial charge in [0.2, 0.25) is 0 Å². The Morgan fingerprint density at radius 1 is 0.912 bits per heavy atom. The van der Waals surface area contributed by atoms with Crippen molar-refractivity contribution in [1.29, 1.82) is 0 Å². The van der Waals surface area contributed by atoms with E-state index in [-0.39, 0.29) is 23.0 Å². The molecule has 0 aliphatic rings. The number of alkyl halides is 3. The second kappa shape index (κ2) is 9.18. The largest absolute Gasteiger partial charge is 0.424 e. The van der Waals surface area contributed by atoms with Crippen LogP contribution in [0.25, 0.3) is 10.8 Å². The van der Waals surface area contributed by atoms with Crippen LogP contribution in [-0.2, 0) is 6.18 Å². The summed E-state index contributed by atoms with van der Waals surface area (Å²) in [6.07, 6.45) is -3.49. The first-order valence-electron chi connectivity index (χ1n) is 9.99. The lowest BCUT2D eigenvalue weighted by atomic mass is 10.1. The molecule has 4 rings (SSSR count). The molecule has 1 aromatic heterocycles. The molecule has 1 heterocycles. The number of ether oxygens (including phenoxy) is 1. The van der Waals surface area contributed by atoms with Crippen molar-refractivity contribution in [3.05, 3.63) is 89.7 Å². The number of anilines is 1. The zero-order valence-corrected chi connectivity index (χ0v) is 17.7. The standard InChI is InChI=1S/C24H17F3N4O3/c1-28-22(33)20-19(21(32)30-17-8-4-7-16(12-17)24(25,26)27)13-29-23(31-20)34-18-10-9-14-5-2-3-6-15(14)11-18/h2-13H,1H3,(H,28,33)(H,30,32). The van der Waals surface area contributed by atoms with Crippen molar-refractivity contribution in [3.63, 3.8) is 0 Å². The normalized spacial score (nSPS) is 11.2. The van der Waals surface area contributed by atoms with Crippen molar-refractivity contribution < 1.29 is 27.5 Å². The number of aromatic nitrogens is 2. The first-order chi connectivity index (χ1) is 16.2. The minimum atomic E-state index is -4.57. The quantitative estimate of drug-likeness (QED) is 0.429.